The van der Waals surface area contributed by atoms with Gasteiger partial charge in [-0.25, -0.2) is 13.3 Å². The van der Waals surface area contributed by atoms with Crippen LogP contribution in [0.1, 0.15) is 18.1 Å². The van der Waals surface area contributed by atoms with Crippen molar-refractivity contribution in [1.82, 2.24) is 14.6 Å². The molecule has 0 aliphatic heterocycles. The van der Waals surface area contributed by atoms with Gasteiger partial charge in [0.15, 0.2) is 5.65 Å². The van der Waals surface area contributed by atoms with Gasteiger partial charge in [-0.3, -0.25) is 4.79 Å². The molecule has 1 amide bonds. The van der Waals surface area contributed by atoms with E-state index < -0.39 is 5.92 Å². The number of nitrogen functional groups attached to an aromatic ring is 1. The Kier molecular flexibility index (Phi) is 4.91. The average Bonchev–Trinajstić information content (AvgIpc) is 3.07. The summed E-state index contributed by atoms with van der Waals surface area (Å²) in [4.78, 5) is 16.4. The lowest BCUT2D eigenvalue weighted by Gasteiger charge is -2.11. The Labute approximate surface area is 171 Å². The van der Waals surface area contributed by atoms with Crippen LogP contribution in [-0.2, 0) is 17.1 Å². The van der Waals surface area contributed by atoms with E-state index in [0.717, 1.165) is 23.6 Å². The normalized spacial score (nSPS) is 11.6. The maximum absolute atomic E-state index is 13.3. The van der Waals surface area contributed by atoms with Crippen LogP contribution in [-0.4, -0.2) is 20.5 Å². The number of nitrogens with zero attached hydrogens (tertiary/aromatic N) is 3. The van der Waals surface area contributed by atoms with Crippen LogP contribution in [0.25, 0.3) is 16.8 Å². The fourth-order valence-electron chi connectivity index (χ4n) is 3.13. The first-order valence-electron chi connectivity index (χ1n) is 9.27. The number of rotatable bonds is 5. The number of benzene rings is 2. The van der Waals surface area contributed by atoms with Gasteiger partial charge < -0.3 is 11.1 Å². The van der Waals surface area contributed by atoms with Gasteiger partial charge in [0.1, 0.15) is 0 Å². The number of fused-ring (bicyclic) bond motifs is 1. The number of hydrogen-bond donors (Lipinski definition) is 2. The van der Waals surface area contributed by atoms with Gasteiger partial charge >= 0.3 is 0 Å². The molecule has 0 unspecified atom stereocenters. The maximum Gasteiger partial charge on any atom is 0.270 e. The third kappa shape index (κ3) is 4.27. The zero-order valence-corrected chi connectivity index (χ0v) is 16.1. The Morgan fingerprint density at radius 3 is 2.43 bits per heavy atom. The van der Waals surface area contributed by atoms with E-state index in [9.17, 15) is 13.6 Å². The minimum absolute atomic E-state index is 0.0944. The molecule has 0 atom stereocenters. The van der Waals surface area contributed by atoms with Gasteiger partial charge in [0, 0.05) is 24.4 Å². The summed E-state index contributed by atoms with van der Waals surface area (Å²) in [5.74, 6) is -2.92. The first-order valence-corrected chi connectivity index (χ1v) is 9.27. The van der Waals surface area contributed by atoms with Crippen LogP contribution >= 0.6 is 0 Å². The molecule has 0 radical (unpaired) electrons. The van der Waals surface area contributed by atoms with Gasteiger partial charge in [-0.05, 0) is 41.0 Å². The van der Waals surface area contributed by atoms with Crippen molar-refractivity contribution in [2.75, 3.05) is 11.1 Å². The highest BCUT2D eigenvalue weighted by Crippen LogP contribution is 2.27. The van der Waals surface area contributed by atoms with Crippen LogP contribution in [0.5, 0.6) is 0 Å². The molecule has 30 heavy (non-hydrogen) atoms. The number of aromatic nitrogens is 3. The predicted octanol–water partition coefficient (Wildman–Crippen LogP) is 4.27. The Hall–Kier alpha value is -3.81. The van der Waals surface area contributed by atoms with Gasteiger partial charge in [-0.15, -0.1) is 5.10 Å². The van der Waals surface area contributed by atoms with Crippen LogP contribution in [0.4, 0.5) is 20.4 Å². The van der Waals surface area contributed by atoms with Gasteiger partial charge in [-0.1, -0.05) is 36.4 Å². The quantitative estimate of drug-likeness (QED) is 0.517. The van der Waals surface area contributed by atoms with E-state index in [4.69, 9.17) is 5.73 Å². The van der Waals surface area contributed by atoms with Crippen molar-refractivity contribution < 1.29 is 13.6 Å². The van der Waals surface area contributed by atoms with Crippen LogP contribution in [0.2, 0.25) is 0 Å². The van der Waals surface area contributed by atoms with E-state index in [1.54, 1.807) is 10.7 Å². The van der Waals surface area contributed by atoms with Crippen molar-refractivity contribution in [3.05, 3.63) is 78.0 Å². The van der Waals surface area contributed by atoms with E-state index >= 15 is 0 Å². The Morgan fingerprint density at radius 1 is 1.07 bits per heavy atom. The lowest BCUT2D eigenvalue weighted by molar-refractivity contribution is -0.115. The van der Waals surface area contributed by atoms with Crippen molar-refractivity contribution in [1.29, 1.82) is 0 Å². The Bertz CT molecular complexity index is 1200. The molecule has 0 saturated heterocycles. The summed E-state index contributed by atoms with van der Waals surface area (Å²) in [6.07, 6.45) is 1.96. The standard InChI is InChI=1S/C22H19F2N5O/c1-22(23,24)17-6-8-18(9-7-17)26-20(30)12-14-2-4-15(5-3-14)16-10-11-29-19(13-16)27-21(25)28-29/h2-11,13H,12H2,1H3,(H2,25,28)(H,26,30). The largest absolute Gasteiger partial charge is 0.366 e. The molecule has 152 valence electrons. The summed E-state index contributed by atoms with van der Waals surface area (Å²) in [7, 11) is 0. The number of nitrogens with two attached hydrogens (primary N) is 1. The van der Waals surface area contributed by atoms with Crippen molar-refractivity contribution in [3.63, 3.8) is 0 Å². The molecule has 0 bridgehead atoms. The minimum atomic E-state index is -2.91. The zero-order valence-electron chi connectivity index (χ0n) is 16.1. The van der Waals surface area contributed by atoms with Crippen LogP contribution < -0.4 is 11.1 Å². The number of carbonyl (C=O) groups is 1. The molecule has 0 spiro atoms. The number of hydrogen-bond acceptors (Lipinski definition) is 4. The lowest BCUT2D eigenvalue weighted by Crippen LogP contribution is -2.14. The maximum atomic E-state index is 13.3. The highest BCUT2D eigenvalue weighted by Gasteiger charge is 2.23. The number of alkyl halides is 2. The predicted molar refractivity (Wildman–Crippen MR) is 111 cm³/mol. The molecule has 0 aliphatic carbocycles. The number of nitrogens with one attached hydrogen (secondary N) is 1. The molecule has 0 aliphatic rings. The van der Waals surface area contributed by atoms with Crippen LogP contribution in [0.15, 0.2) is 66.9 Å². The summed E-state index contributed by atoms with van der Waals surface area (Å²) in [6.45, 7) is 0.837. The smallest absolute Gasteiger partial charge is 0.270 e. The van der Waals surface area contributed by atoms with Crippen molar-refractivity contribution in [3.8, 4) is 11.1 Å². The molecule has 2 aromatic heterocycles. The van der Waals surface area contributed by atoms with Crippen molar-refractivity contribution in [2.24, 2.45) is 0 Å². The molecular formula is C22H19F2N5O. The molecule has 8 heteroatoms. The van der Waals surface area contributed by atoms with Crippen LogP contribution in [0.3, 0.4) is 0 Å². The molecule has 4 aromatic rings. The Balaban J connectivity index is 1.41. The van der Waals surface area contributed by atoms with E-state index in [-0.39, 0.29) is 23.8 Å². The zero-order chi connectivity index (χ0) is 21.3. The van der Waals surface area contributed by atoms with E-state index in [1.165, 1.54) is 24.3 Å². The first-order chi connectivity index (χ1) is 14.3. The third-order valence-corrected chi connectivity index (χ3v) is 4.68. The second-order valence-electron chi connectivity index (χ2n) is 7.08. The van der Waals surface area contributed by atoms with Gasteiger partial charge in [0.05, 0.1) is 6.42 Å². The second kappa shape index (κ2) is 7.55. The number of pyridine rings is 1. The number of halogens is 2. The monoisotopic (exact) mass is 407 g/mol. The molecule has 3 N–H and O–H groups in total. The highest BCUT2D eigenvalue weighted by atomic mass is 19.3. The minimum Gasteiger partial charge on any atom is -0.366 e. The fourth-order valence-corrected chi connectivity index (χ4v) is 3.13. The van der Waals surface area contributed by atoms with Crippen molar-refractivity contribution >= 4 is 23.2 Å². The summed E-state index contributed by atoms with van der Waals surface area (Å²) in [6, 6.07) is 17.0. The molecule has 2 heterocycles. The molecule has 0 fully saturated rings. The second-order valence-corrected chi connectivity index (χ2v) is 7.08. The lowest BCUT2D eigenvalue weighted by atomic mass is 10.0. The fraction of sp³-hybridized carbons (Fsp3) is 0.136. The topological polar surface area (TPSA) is 85.3 Å². The number of anilines is 2. The van der Waals surface area contributed by atoms with E-state index in [1.807, 2.05) is 36.4 Å². The van der Waals surface area contributed by atoms with Gasteiger partial charge in [-0.2, -0.15) is 4.98 Å². The Morgan fingerprint density at radius 2 is 1.77 bits per heavy atom. The molecule has 0 saturated carbocycles. The van der Waals surface area contributed by atoms with E-state index in [2.05, 4.69) is 15.4 Å². The summed E-state index contributed by atoms with van der Waals surface area (Å²) in [5.41, 5.74) is 9.41. The van der Waals surface area contributed by atoms with Crippen molar-refractivity contribution in [2.45, 2.75) is 19.3 Å². The van der Waals surface area contributed by atoms with Crippen LogP contribution in [0, 0.1) is 0 Å². The summed E-state index contributed by atoms with van der Waals surface area (Å²) < 4.78 is 28.1. The molecule has 4 rings (SSSR count). The average molecular weight is 407 g/mol. The van der Waals surface area contributed by atoms with E-state index in [0.29, 0.717) is 11.3 Å². The summed E-state index contributed by atoms with van der Waals surface area (Å²) >= 11 is 0. The molecular weight excluding hydrogens is 388 g/mol. The van der Waals surface area contributed by atoms with Gasteiger partial charge in [0.25, 0.3) is 5.92 Å². The van der Waals surface area contributed by atoms with Gasteiger partial charge in [0.2, 0.25) is 11.9 Å². The number of carbonyl (C=O) groups excluding carboxylic acids is 1. The highest BCUT2D eigenvalue weighted by molar-refractivity contribution is 5.92. The summed E-state index contributed by atoms with van der Waals surface area (Å²) in [5, 5.41) is 6.77. The molecule has 6 nitrogen and oxygen atoms in total. The third-order valence-electron chi connectivity index (χ3n) is 4.68. The number of amides is 1. The molecule has 2 aromatic carbocycles. The first kappa shape index (κ1) is 19.5. The SMILES string of the molecule is CC(F)(F)c1ccc(NC(=O)Cc2ccc(-c3ccn4nc(N)nc4c3)cc2)cc1.